The van der Waals surface area contributed by atoms with Gasteiger partial charge in [0, 0.05) is 0 Å². The van der Waals surface area contributed by atoms with E-state index in [0.29, 0.717) is 18.6 Å². The maximum Gasteiger partial charge on any atom is 0.339 e. The van der Waals surface area contributed by atoms with Crippen LogP contribution in [0.5, 0.6) is 0 Å². The highest BCUT2D eigenvalue weighted by Crippen LogP contribution is 2.24. The van der Waals surface area contributed by atoms with Gasteiger partial charge in [0.15, 0.2) is 0 Å². The van der Waals surface area contributed by atoms with E-state index in [9.17, 15) is 24.3 Å². The van der Waals surface area contributed by atoms with Gasteiger partial charge in [-0.2, -0.15) is 0 Å². The van der Waals surface area contributed by atoms with Gasteiger partial charge in [0.1, 0.15) is 0 Å². The van der Waals surface area contributed by atoms with Crippen molar-refractivity contribution >= 4 is 23.9 Å². The number of aromatic carboxylic acids is 3. The summed E-state index contributed by atoms with van der Waals surface area (Å²) in [4.78, 5) is 45.1. The molecule has 0 saturated heterocycles. The zero-order chi connectivity index (χ0) is 27.1. The van der Waals surface area contributed by atoms with Crippen LogP contribution in [-0.4, -0.2) is 45.8 Å². The fourth-order valence-electron chi connectivity index (χ4n) is 3.59. The van der Waals surface area contributed by atoms with Crippen LogP contribution in [0.25, 0.3) is 0 Å². The van der Waals surface area contributed by atoms with Gasteiger partial charge in [0.2, 0.25) is 0 Å². The van der Waals surface area contributed by atoms with Gasteiger partial charge >= 0.3 is 23.9 Å². The van der Waals surface area contributed by atoms with Crippen LogP contribution in [0.15, 0.2) is 36.4 Å². The van der Waals surface area contributed by atoms with Crippen molar-refractivity contribution in [1.82, 2.24) is 0 Å². The van der Waals surface area contributed by atoms with E-state index in [4.69, 9.17) is 14.9 Å². The standard InChI is InChI=1S/C16H22O4.C12H14O4/c1-3-5-7-11-9-10-13(15(17)18)14(16(19)20)12(11)8-6-4-2;1-2-3-8-16-12(15)10-7-5-4-6-9(10)11(13)14/h9-10H,3-8H2,1-2H3,(H,17,18)(H,19,20);4-7H,2-3,8H2,1H3,(H,13,14). The minimum Gasteiger partial charge on any atom is -0.478 e. The lowest BCUT2D eigenvalue weighted by Gasteiger charge is -2.14. The number of aryl methyl sites for hydroxylation is 1. The highest BCUT2D eigenvalue weighted by molar-refractivity contribution is 6.03. The number of benzene rings is 2. The summed E-state index contributed by atoms with van der Waals surface area (Å²) in [5.41, 5.74) is 1.62. The molecule has 0 saturated carbocycles. The first-order valence-electron chi connectivity index (χ1n) is 12.3. The third-order valence-electron chi connectivity index (χ3n) is 5.54. The zero-order valence-corrected chi connectivity index (χ0v) is 21.2. The molecule has 8 nitrogen and oxygen atoms in total. The number of carbonyl (C=O) groups excluding carboxylic acids is 1. The molecule has 8 heteroatoms. The number of rotatable bonds is 13. The molecule has 0 heterocycles. The number of hydrogen-bond acceptors (Lipinski definition) is 5. The first-order chi connectivity index (χ1) is 17.2. The summed E-state index contributed by atoms with van der Waals surface area (Å²) in [6.45, 7) is 6.42. The smallest absolute Gasteiger partial charge is 0.339 e. The number of esters is 1. The van der Waals surface area contributed by atoms with E-state index in [1.807, 2.05) is 13.8 Å². The topological polar surface area (TPSA) is 138 Å². The number of hydrogen-bond donors (Lipinski definition) is 3. The Balaban J connectivity index is 0.000000369. The van der Waals surface area contributed by atoms with Crippen molar-refractivity contribution in [3.05, 3.63) is 69.8 Å². The van der Waals surface area contributed by atoms with Crippen molar-refractivity contribution in [2.24, 2.45) is 0 Å². The molecule has 2 aromatic carbocycles. The first-order valence-corrected chi connectivity index (χ1v) is 12.3. The summed E-state index contributed by atoms with van der Waals surface area (Å²) < 4.78 is 4.96. The van der Waals surface area contributed by atoms with Crippen molar-refractivity contribution in [3.63, 3.8) is 0 Å². The molecule has 0 aliphatic heterocycles. The fourth-order valence-corrected chi connectivity index (χ4v) is 3.59. The van der Waals surface area contributed by atoms with Crippen molar-refractivity contribution in [1.29, 1.82) is 0 Å². The SMILES string of the molecule is CCCCOC(=O)c1ccccc1C(=O)O.CCCCc1ccc(C(=O)O)c(C(=O)O)c1CCCC. The predicted octanol–water partition coefficient (Wildman–Crippen LogP) is 6.11. The van der Waals surface area contributed by atoms with E-state index in [-0.39, 0.29) is 22.3 Å². The van der Waals surface area contributed by atoms with Crippen LogP contribution < -0.4 is 0 Å². The van der Waals surface area contributed by atoms with Crippen LogP contribution >= 0.6 is 0 Å². The second-order valence-corrected chi connectivity index (χ2v) is 8.28. The molecule has 0 spiro atoms. The number of ether oxygens (including phenoxy) is 1. The number of carboxylic acid groups (broad SMARTS) is 3. The normalized spacial score (nSPS) is 10.2. The van der Waals surface area contributed by atoms with E-state index in [2.05, 4.69) is 6.92 Å². The largest absolute Gasteiger partial charge is 0.478 e. The average Bonchev–Trinajstić information content (AvgIpc) is 2.86. The van der Waals surface area contributed by atoms with E-state index in [0.717, 1.165) is 50.5 Å². The number of carboxylic acids is 3. The monoisotopic (exact) mass is 500 g/mol. The summed E-state index contributed by atoms with van der Waals surface area (Å²) in [5, 5.41) is 27.4. The number of carbonyl (C=O) groups is 4. The minimum absolute atomic E-state index is 0.0241. The highest BCUT2D eigenvalue weighted by Gasteiger charge is 2.22. The molecule has 0 bridgehead atoms. The second kappa shape index (κ2) is 16.1. The Bertz CT molecular complexity index is 1040. The Morgan fingerprint density at radius 2 is 1.22 bits per heavy atom. The molecule has 0 amide bonds. The van der Waals surface area contributed by atoms with Gasteiger partial charge in [-0.3, -0.25) is 0 Å². The zero-order valence-electron chi connectivity index (χ0n) is 21.2. The van der Waals surface area contributed by atoms with E-state index in [1.54, 1.807) is 18.2 Å². The van der Waals surface area contributed by atoms with Crippen LogP contribution in [0.2, 0.25) is 0 Å². The van der Waals surface area contributed by atoms with Crippen LogP contribution in [0.3, 0.4) is 0 Å². The van der Waals surface area contributed by atoms with E-state index >= 15 is 0 Å². The lowest BCUT2D eigenvalue weighted by Crippen LogP contribution is -2.14. The Kier molecular flexibility index (Phi) is 13.6. The summed E-state index contributed by atoms with van der Waals surface area (Å²) in [7, 11) is 0. The summed E-state index contributed by atoms with van der Waals surface area (Å²) in [6.07, 6.45) is 6.94. The molecule has 0 aliphatic carbocycles. The molecular weight excluding hydrogens is 464 g/mol. The molecule has 0 radical (unpaired) electrons. The molecule has 0 aromatic heterocycles. The third-order valence-corrected chi connectivity index (χ3v) is 5.54. The molecule has 0 aliphatic rings. The molecular formula is C28H36O8. The second-order valence-electron chi connectivity index (χ2n) is 8.28. The maximum atomic E-state index is 11.6. The molecule has 36 heavy (non-hydrogen) atoms. The van der Waals surface area contributed by atoms with Gasteiger partial charge in [-0.25, -0.2) is 19.2 Å². The molecule has 0 atom stereocenters. The predicted molar refractivity (Wildman–Crippen MR) is 136 cm³/mol. The van der Waals surface area contributed by atoms with E-state index < -0.39 is 23.9 Å². The van der Waals surface area contributed by atoms with Crippen LogP contribution in [0.4, 0.5) is 0 Å². The third kappa shape index (κ3) is 9.17. The molecule has 2 rings (SSSR count). The minimum atomic E-state index is -1.18. The van der Waals surface area contributed by atoms with Crippen LogP contribution in [0, 0.1) is 0 Å². The molecule has 0 unspecified atom stereocenters. The van der Waals surface area contributed by atoms with Crippen molar-refractivity contribution < 1.29 is 39.2 Å². The van der Waals surface area contributed by atoms with E-state index in [1.165, 1.54) is 18.2 Å². The lowest BCUT2D eigenvalue weighted by molar-refractivity contribution is 0.0489. The average molecular weight is 501 g/mol. The first kappa shape index (κ1) is 30.4. The van der Waals surface area contributed by atoms with Gasteiger partial charge in [-0.1, -0.05) is 58.2 Å². The van der Waals surface area contributed by atoms with Gasteiger partial charge in [0.25, 0.3) is 0 Å². The summed E-state index contributed by atoms with van der Waals surface area (Å²) in [5.74, 6) is -4.02. The van der Waals surface area contributed by atoms with Crippen molar-refractivity contribution in [2.75, 3.05) is 6.61 Å². The Labute approximate surface area is 211 Å². The Morgan fingerprint density at radius 1 is 0.667 bits per heavy atom. The van der Waals surface area contributed by atoms with Crippen molar-refractivity contribution in [2.45, 2.75) is 72.1 Å². The highest BCUT2D eigenvalue weighted by atomic mass is 16.5. The molecule has 2 aromatic rings. The van der Waals surface area contributed by atoms with Crippen molar-refractivity contribution in [3.8, 4) is 0 Å². The lowest BCUT2D eigenvalue weighted by atomic mass is 9.90. The van der Waals surface area contributed by atoms with Gasteiger partial charge in [-0.15, -0.1) is 0 Å². The molecule has 196 valence electrons. The van der Waals surface area contributed by atoms with Crippen LogP contribution in [-0.2, 0) is 17.6 Å². The van der Waals surface area contributed by atoms with Gasteiger partial charge in [0.05, 0.1) is 28.9 Å². The fraction of sp³-hybridized carbons (Fsp3) is 0.429. The molecule has 0 fully saturated rings. The Hall–Kier alpha value is -3.68. The number of unbranched alkanes of at least 4 members (excludes halogenated alkanes) is 3. The molecule has 3 N–H and O–H groups in total. The summed E-state index contributed by atoms with van der Waals surface area (Å²) >= 11 is 0. The maximum absolute atomic E-state index is 11.6. The van der Waals surface area contributed by atoms with Gasteiger partial charge < -0.3 is 20.1 Å². The van der Waals surface area contributed by atoms with Crippen LogP contribution in [0.1, 0.15) is 112 Å². The summed E-state index contributed by atoms with van der Waals surface area (Å²) in [6, 6.07) is 9.23. The quantitative estimate of drug-likeness (QED) is 0.221. The Morgan fingerprint density at radius 3 is 1.75 bits per heavy atom. The van der Waals surface area contributed by atoms with Gasteiger partial charge in [-0.05, 0) is 61.4 Å².